The molecule has 5 heteroatoms. The van der Waals surface area contributed by atoms with Crippen LogP contribution >= 0.6 is 0 Å². The smallest absolute Gasteiger partial charge is 0.247 e. The maximum atomic E-state index is 5.20. The minimum atomic E-state index is 0.528. The Morgan fingerprint density at radius 1 is 0.767 bits per heavy atom. The third kappa shape index (κ3) is 4.52. The zero-order chi connectivity index (χ0) is 20.8. The van der Waals surface area contributed by atoms with Gasteiger partial charge in [-0.1, -0.05) is 60.7 Å². The Hall–Kier alpha value is -3.99. The molecule has 0 radical (unpaired) electrons. The molecular formula is C25H22N4O. The largest absolute Gasteiger partial charge is 0.497 e. The van der Waals surface area contributed by atoms with Gasteiger partial charge in [-0.2, -0.15) is 5.10 Å². The number of hydrazone groups is 1. The maximum absolute atomic E-state index is 5.20. The first-order valence-electron chi connectivity index (χ1n) is 9.64. The lowest BCUT2D eigenvalue weighted by Gasteiger charge is -2.14. The molecule has 0 saturated carbocycles. The Balaban J connectivity index is 1.69. The highest BCUT2D eigenvalue weighted by molar-refractivity contribution is 5.80. The normalized spacial score (nSPS) is 10.9. The summed E-state index contributed by atoms with van der Waals surface area (Å²) in [6.45, 7) is 0. The van der Waals surface area contributed by atoms with Gasteiger partial charge in [0.1, 0.15) is 5.75 Å². The van der Waals surface area contributed by atoms with E-state index in [9.17, 15) is 0 Å². The van der Waals surface area contributed by atoms with Crippen LogP contribution in [0.1, 0.15) is 5.56 Å². The Bertz CT molecular complexity index is 1070. The average Bonchev–Trinajstić information content (AvgIpc) is 2.83. The highest BCUT2D eigenvalue weighted by Gasteiger charge is 2.11. The zero-order valence-corrected chi connectivity index (χ0v) is 16.9. The molecule has 3 aromatic carbocycles. The van der Waals surface area contributed by atoms with Crippen molar-refractivity contribution >= 4 is 12.2 Å². The first-order chi connectivity index (χ1) is 14.7. The molecule has 4 rings (SSSR count). The monoisotopic (exact) mass is 394 g/mol. The molecule has 0 aliphatic carbocycles. The predicted octanol–water partition coefficient (Wildman–Crippen LogP) is 5.29. The molecule has 0 atom stereocenters. The van der Waals surface area contributed by atoms with Gasteiger partial charge in [0.25, 0.3) is 0 Å². The van der Waals surface area contributed by atoms with E-state index < -0.39 is 0 Å². The number of benzene rings is 3. The third-order valence-electron chi connectivity index (χ3n) is 4.64. The van der Waals surface area contributed by atoms with Crippen molar-refractivity contribution in [2.24, 2.45) is 5.10 Å². The first-order valence-corrected chi connectivity index (χ1v) is 9.64. The van der Waals surface area contributed by atoms with Crippen molar-refractivity contribution < 1.29 is 4.74 Å². The van der Waals surface area contributed by atoms with Crippen LogP contribution in [0, 0.1) is 0 Å². The van der Waals surface area contributed by atoms with E-state index in [1.54, 1.807) is 18.3 Å². The Labute approximate surface area is 176 Å². The highest BCUT2D eigenvalue weighted by Crippen LogP contribution is 2.26. The molecular weight excluding hydrogens is 372 g/mol. The van der Waals surface area contributed by atoms with Crippen LogP contribution in [0.4, 0.5) is 5.95 Å². The highest BCUT2D eigenvalue weighted by atomic mass is 16.5. The van der Waals surface area contributed by atoms with Crippen molar-refractivity contribution in [1.29, 1.82) is 0 Å². The van der Waals surface area contributed by atoms with Gasteiger partial charge in [-0.3, -0.25) is 0 Å². The number of ether oxygens (including phenoxy) is 1. The molecule has 30 heavy (non-hydrogen) atoms. The molecule has 0 spiro atoms. The molecule has 0 unspecified atom stereocenters. The van der Waals surface area contributed by atoms with Crippen molar-refractivity contribution in [3.05, 3.63) is 96.6 Å². The number of methoxy groups -OCH3 is 1. The van der Waals surface area contributed by atoms with Gasteiger partial charge in [0.05, 0.1) is 24.7 Å². The van der Waals surface area contributed by atoms with Crippen LogP contribution in [0.15, 0.2) is 96.1 Å². The van der Waals surface area contributed by atoms with Crippen LogP contribution in [0.5, 0.6) is 5.75 Å². The number of rotatable bonds is 6. The molecule has 0 aliphatic rings. The van der Waals surface area contributed by atoms with Crippen LogP contribution in [0.3, 0.4) is 0 Å². The summed E-state index contributed by atoms with van der Waals surface area (Å²) in [4.78, 5) is 9.50. The van der Waals surface area contributed by atoms with Gasteiger partial charge in [-0.05, 0) is 35.9 Å². The van der Waals surface area contributed by atoms with E-state index in [-0.39, 0.29) is 0 Å². The van der Waals surface area contributed by atoms with Gasteiger partial charge in [0.2, 0.25) is 5.95 Å². The average molecular weight is 394 g/mol. The number of nitrogens with zero attached hydrogens (tertiary/aromatic N) is 4. The van der Waals surface area contributed by atoms with Crippen molar-refractivity contribution in [2.45, 2.75) is 0 Å². The number of aromatic nitrogens is 2. The number of hydrogen-bond acceptors (Lipinski definition) is 5. The summed E-state index contributed by atoms with van der Waals surface area (Å²) in [5.74, 6) is 1.34. The lowest BCUT2D eigenvalue weighted by molar-refractivity contribution is 0.415. The van der Waals surface area contributed by atoms with E-state index in [1.807, 2.05) is 98.0 Å². The van der Waals surface area contributed by atoms with Gasteiger partial charge < -0.3 is 4.74 Å². The van der Waals surface area contributed by atoms with E-state index >= 15 is 0 Å². The van der Waals surface area contributed by atoms with E-state index in [1.165, 1.54) is 0 Å². The van der Waals surface area contributed by atoms with Crippen molar-refractivity contribution in [3.63, 3.8) is 0 Å². The Morgan fingerprint density at radius 2 is 1.30 bits per heavy atom. The molecule has 0 fully saturated rings. The summed E-state index contributed by atoms with van der Waals surface area (Å²) in [6, 6.07) is 29.9. The van der Waals surface area contributed by atoms with E-state index in [4.69, 9.17) is 14.7 Å². The summed E-state index contributed by atoms with van der Waals surface area (Å²) < 4.78 is 5.20. The van der Waals surface area contributed by atoms with Crippen molar-refractivity contribution in [1.82, 2.24) is 9.97 Å². The fourth-order valence-corrected chi connectivity index (χ4v) is 2.99. The summed E-state index contributed by atoms with van der Waals surface area (Å²) in [5, 5.41) is 6.22. The van der Waals surface area contributed by atoms with Gasteiger partial charge >= 0.3 is 0 Å². The quantitative estimate of drug-likeness (QED) is 0.329. The van der Waals surface area contributed by atoms with E-state index in [2.05, 4.69) is 5.10 Å². The summed E-state index contributed by atoms with van der Waals surface area (Å²) in [7, 11) is 3.50. The Morgan fingerprint density at radius 3 is 1.80 bits per heavy atom. The SMILES string of the molecule is COc1ccc(/C=N/N(C)c2nc(-c3ccccc3)cc(-c3ccccc3)n2)cc1. The first kappa shape index (κ1) is 19.3. The zero-order valence-electron chi connectivity index (χ0n) is 16.9. The molecule has 1 aromatic heterocycles. The second-order valence-electron chi connectivity index (χ2n) is 6.71. The van der Waals surface area contributed by atoms with Gasteiger partial charge in [0.15, 0.2) is 0 Å². The van der Waals surface area contributed by atoms with E-state index in [0.717, 1.165) is 33.8 Å². The fraction of sp³-hybridized carbons (Fsp3) is 0.0800. The van der Waals surface area contributed by atoms with Crippen molar-refractivity contribution in [2.75, 3.05) is 19.2 Å². The minimum absolute atomic E-state index is 0.528. The third-order valence-corrected chi connectivity index (χ3v) is 4.64. The van der Waals surface area contributed by atoms with Crippen LogP contribution in [0.2, 0.25) is 0 Å². The van der Waals surface area contributed by atoms with Gasteiger partial charge in [0, 0.05) is 18.2 Å². The fourth-order valence-electron chi connectivity index (χ4n) is 2.99. The number of anilines is 1. The summed E-state index contributed by atoms with van der Waals surface area (Å²) in [6.07, 6.45) is 1.78. The predicted molar refractivity (Wildman–Crippen MR) is 122 cm³/mol. The molecule has 0 bridgehead atoms. The molecule has 0 saturated heterocycles. The maximum Gasteiger partial charge on any atom is 0.247 e. The topological polar surface area (TPSA) is 50.6 Å². The lowest BCUT2D eigenvalue weighted by Crippen LogP contribution is -2.13. The summed E-state index contributed by atoms with van der Waals surface area (Å²) in [5.41, 5.74) is 4.73. The van der Waals surface area contributed by atoms with Crippen LogP contribution in [0.25, 0.3) is 22.5 Å². The second-order valence-corrected chi connectivity index (χ2v) is 6.71. The van der Waals surface area contributed by atoms with Crippen LogP contribution in [-0.2, 0) is 0 Å². The molecule has 0 amide bonds. The molecule has 0 N–H and O–H groups in total. The molecule has 1 heterocycles. The van der Waals surface area contributed by atoms with Crippen LogP contribution < -0.4 is 9.75 Å². The minimum Gasteiger partial charge on any atom is -0.497 e. The Kier molecular flexibility index (Phi) is 5.80. The molecule has 0 aliphatic heterocycles. The number of hydrogen-bond donors (Lipinski definition) is 0. The molecule has 148 valence electrons. The molecule has 4 aromatic rings. The van der Waals surface area contributed by atoms with Crippen molar-refractivity contribution in [3.8, 4) is 28.3 Å². The standard InChI is InChI=1S/C25H22N4O/c1-29(26-18-19-13-15-22(30-2)16-14-19)25-27-23(20-9-5-3-6-10-20)17-24(28-25)21-11-7-4-8-12-21/h3-18H,1-2H3/b26-18+. The van der Waals surface area contributed by atoms with Gasteiger partial charge in [-0.15, -0.1) is 0 Å². The van der Waals surface area contributed by atoms with Crippen LogP contribution in [-0.4, -0.2) is 30.3 Å². The van der Waals surface area contributed by atoms with E-state index in [0.29, 0.717) is 5.95 Å². The van der Waals surface area contributed by atoms with Gasteiger partial charge in [-0.25, -0.2) is 15.0 Å². The second kappa shape index (κ2) is 9.01. The molecule has 5 nitrogen and oxygen atoms in total. The summed E-state index contributed by atoms with van der Waals surface area (Å²) >= 11 is 0. The lowest BCUT2D eigenvalue weighted by atomic mass is 10.1.